The summed E-state index contributed by atoms with van der Waals surface area (Å²) in [5.74, 6) is 1.56. The van der Waals surface area contributed by atoms with Gasteiger partial charge in [-0.3, -0.25) is 4.79 Å². The minimum Gasteiger partial charge on any atom is -0.546 e. The molecular weight excluding hydrogens is 252 g/mol. The van der Waals surface area contributed by atoms with E-state index in [0.29, 0.717) is 11.7 Å². The molecule has 3 heteroatoms. The van der Waals surface area contributed by atoms with E-state index in [2.05, 4.69) is 46.5 Å². The fourth-order valence-corrected chi connectivity index (χ4v) is 3.98. The van der Waals surface area contributed by atoms with Gasteiger partial charge in [-0.05, 0) is 43.5 Å². The smallest absolute Gasteiger partial charge is 0.250 e. The molecule has 0 saturated heterocycles. The molecule has 1 fully saturated rings. The van der Waals surface area contributed by atoms with Crippen molar-refractivity contribution in [2.24, 2.45) is 17.3 Å². The van der Waals surface area contributed by atoms with Crippen LogP contribution in [-0.2, 0) is 9.22 Å². The van der Waals surface area contributed by atoms with E-state index in [-0.39, 0.29) is 11.0 Å². The molecule has 0 aromatic heterocycles. The molecule has 2 nitrogen and oxygen atoms in total. The summed E-state index contributed by atoms with van der Waals surface area (Å²) in [6, 6.07) is 0. The Morgan fingerprint density at radius 1 is 1.47 bits per heavy atom. The van der Waals surface area contributed by atoms with Crippen molar-refractivity contribution in [1.29, 1.82) is 0 Å². The highest BCUT2D eigenvalue weighted by atomic mass is 28.4. The van der Waals surface area contributed by atoms with Crippen molar-refractivity contribution in [3.05, 3.63) is 24.5 Å². The predicted molar refractivity (Wildman–Crippen MR) is 81.3 cm³/mol. The van der Waals surface area contributed by atoms with Crippen LogP contribution in [0.15, 0.2) is 24.5 Å². The van der Waals surface area contributed by atoms with E-state index in [1.165, 1.54) is 0 Å². The normalized spacial score (nSPS) is 34.4. The maximum atomic E-state index is 12.4. The Balaban J connectivity index is 2.28. The second-order valence-corrected chi connectivity index (χ2v) is 12.4. The first-order chi connectivity index (χ1) is 8.53. The lowest BCUT2D eigenvalue weighted by molar-refractivity contribution is -0.125. The second-order valence-electron chi connectivity index (χ2n) is 7.72. The van der Waals surface area contributed by atoms with Crippen LogP contribution in [-0.4, -0.2) is 14.1 Å². The number of hydrogen-bond donors (Lipinski definition) is 0. The first-order valence-corrected chi connectivity index (χ1v) is 10.0. The van der Waals surface area contributed by atoms with Crippen molar-refractivity contribution in [3.63, 3.8) is 0 Å². The average molecular weight is 278 g/mol. The molecule has 2 rings (SSSR count). The maximum absolute atomic E-state index is 12.4. The molecule has 3 atom stereocenters. The minimum atomic E-state index is -1.86. The Morgan fingerprint density at radius 2 is 2.05 bits per heavy atom. The summed E-state index contributed by atoms with van der Waals surface area (Å²) in [7, 11) is -1.86. The van der Waals surface area contributed by atoms with E-state index in [4.69, 9.17) is 4.43 Å². The van der Waals surface area contributed by atoms with Gasteiger partial charge in [-0.2, -0.15) is 0 Å². The number of allylic oxidation sites excluding steroid dienone is 3. The number of fused-ring (bicyclic) bond motifs is 2. The van der Waals surface area contributed by atoms with Crippen molar-refractivity contribution in [1.82, 2.24) is 0 Å². The summed E-state index contributed by atoms with van der Waals surface area (Å²) in [4.78, 5) is 12.4. The van der Waals surface area contributed by atoms with Gasteiger partial charge in [-0.1, -0.05) is 26.8 Å². The summed E-state index contributed by atoms with van der Waals surface area (Å²) in [6.07, 6.45) is 4.85. The lowest BCUT2D eigenvalue weighted by Gasteiger charge is -2.40. The molecule has 0 aromatic carbocycles. The quantitative estimate of drug-likeness (QED) is 0.568. The number of carbonyl (C=O) groups excluding carboxylic acids is 1. The molecule has 0 radical (unpaired) electrons. The van der Waals surface area contributed by atoms with Crippen LogP contribution in [0.25, 0.3) is 0 Å². The van der Waals surface area contributed by atoms with E-state index in [1.807, 2.05) is 13.0 Å². The Bertz CT molecular complexity index is 456. The van der Waals surface area contributed by atoms with E-state index < -0.39 is 13.7 Å². The highest BCUT2D eigenvalue weighted by Crippen LogP contribution is 2.55. The Hall–Kier alpha value is -0.833. The van der Waals surface area contributed by atoms with Crippen LogP contribution < -0.4 is 0 Å². The second kappa shape index (κ2) is 4.08. The zero-order chi connectivity index (χ0) is 14.6. The standard InChI is InChI=1S/C16H26O2Si/c1-8-11-10-16(5)13(9-12(11)14(16)17)18-19(6,7)15(2,3)4/h8-9,11-12H,1,10H2,2-7H3/t11-,12+,16+/m1/s1. The van der Waals surface area contributed by atoms with E-state index in [1.54, 1.807) is 0 Å². The van der Waals surface area contributed by atoms with E-state index in [0.717, 1.165) is 12.2 Å². The van der Waals surface area contributed by atoms with Crippen LogP contribution in [0.2, 0.25) is 18.1 Å². The molecule has 0 heterocycles. The van der Waals surface area contributed by atoms with Gasteiger partial charge in [0.05, 0.1) is 11.2 Å². The molecule has 2 aliphatic rings. The third-order valence-electron chi connectivity index (χ3n) is 5.30. The van der Waals surface area contributed by atoms with Gasteiger partial charge >= 0.3 is 0 Å². The van der Waals surface area contributed by atoms with E-state index in [9.17, 15) is 4.79 Å². The van der Waals surface area contributed by atoms with Gasteiger partial charge in [0, 0.05) is 5.92 Å². The molecule has 0 N–H and O–H groups in total. The first kappa shape index (κ1) is 14.6. The van der Waals surface area contributed by atoms with Crippen LogP contribution in [0.1, 0.15) is 34.1 Å². The van der Waals surface area contributed by atoms with Gasteiger partial charge in [0.1, 0.15) is 0 Å². The van der Waals surface area contributed by atoms with Gasteiger partial charge in [-0.15, -0.1) is 6.58 Å². The first-order valence-electron chi connectivity index (χ1n) is 7.11. The van der Waals surface area contributed by atoms with Crippen LogP contribution in [0.3, 0.4) is 0 Å². The lowest BCUT2D eigenvalue weighted by atomic mass is 9.84. The fraction of sp³-hybridized carbons (Fsp3) is 0.688. The van der Waals surface area contributed by atoms with E-state index >= 15 is 0 Å². The molecular formula is C16H26O2Si. The minimum absolute atomic E-state index is 0.00210. The SMILES string of the molecule is C=C[C@@H]1C[C@]2(C)C(=O)[C@H]1C=C2O[Si](C)(C)C(C)(C)C. The van der Waals surface area contributed by atoms with Crippen molar-refractivity contribution in [3.8, 4) is 0 Å². The van der Waals surface area contributed by atoms with Crippen molar-refractivity contribution in [2.75, 3.05) is 0 Å². The topological polar surface area (TPSA) is 26.3 Å². The number of hydrogen-bond acceptors (Lipinski definition) is 2. The monoisotopic (exact) mass is 278 g/mol. The predicted octanol–water partition coefficient (Wildman–Crippen LogP) is 4.30. The highest BCUT2D eigenvalue weighted by molar-refractivity contribution is 6.74. The number of Topliss-reactive ketones (excluding diaryl/α,β-unsaturated/α-hetero) is 1. The Labute approximate surface area is 118 Å². The summed E-state index contributed by atoms with van der Waals surface area (Å²) in [5.41, 5.74) is -0.404. The number of rotatable bonds is 3. The highest BCUT2D eigenvalue weighted by Gasteiger charge is 2.57. The van der Waals surface area contributed by atoms with Gasteiger partial charge in [-0.25, -0.2) is 0 Å². The Morgan fingerprint density at radius 3 is 2.42 bits per heavy atom. The van der Waals surface area contributed by atoms with Crippen molar-refractivity contribution >= 4 is 14.1 Å². The molecule has 2 aliphatic carbocycles. The molecule has 0 amide bonds. The lowest BCUT2D eigenvalue weighted by Crippen LogP contribution is -2.42. The average Bonchev–Trinajstić information content (AvgIpc) is 2.63. The Kier molecular flexibility index (Phi) is 3.13. The van der Waals surface area contributed by atoms with Crippen LogP contribution in [0, 0.1) is 17.3 Å². The molecule has 0 aliphatic heterocycles. The third kappa shape index (κ3) is 2.02. The molecule has 0 unspecified atom stereocenters. The van der Waals surface area contributed by atoms with Crippen molar-refractivity contribution in [2.45, 2.75) is 52.2 Å². The zero-order valence-electron chi connectivity index (χ0n) is 13.0. The fourth-order valence-electron chi connectivity index (χ4n) is 2.83. The van der Waals surface area contributed by atoms with Gasteiger partial charge in [0.15, 0.2) is 5.78 Å². The summed E-state index contributed by atoms with van der Waals surface area (Å²) >= 11 is 0. The molecule has 2 bridgehead atoms. The number of ketones is 1. The van der Waals surface area contributed by atoms with Gasteiger partial charge in [0.2, 0.25) is 8.32 Å². The maximum Gasteiger partial charge on any atom is 0.250 e. The van der Waals surface area contributed by atoms with Crippen LogP contribution >= 0.6 is 0 Å². The number of carbonyl (C=O) groups is 1. The third-order valence-corrected chi connectivity index (χ3v) is 9.64. The zero-order valence-corrected chi connectivity index (χ0v) is 14.0. The van der Waals surface area contributed by atoms with Crippen LogP contribution in [0.5, 0.6) is 0 Å². The molecule has 0 aromatic rings. The molecule has 1 saturated carbocycles. The van der Waals surface area contributed by atoms with Crippen LogP contribution in [0.4, 0.5) is 0 Å². The molecule has 106 valence electrons. The molecule has 0 spiro atoms. The molecule has 19 heavy (non-hydrogen) atoms. The summed E-state index contributed by atoms with van der Waals surface area (Å²) in [5, 5.41) is 0.160. The summed E-state index contributed by atoms with van der Waals surface area (Å²) < 4.78 is 6.41. The van der Waals surface area contributed by atoms with Gasteiger partial charge < -0.3 is 4.43 Å². The largest absolute Gasteiger partial charge is 0.546 e. The summed E-state index contributed by atoms with van der Waals surface area (Å²) in [6.45, 7) is 17.0. The van der Waals surface area contributed by atoms with Gasteiger partial charge in [0.25, 0.3) is 0 Å². The van der Waals surface area contributed by atoms with Crippen molar-refractivity contribution < 1.29 is 9.22 Å².